The van der Waals surface area contributed by atoms with E-state index in [2.05, 4.69) is 17.0 Å². The lowest BCUT2D eigenvalue weighted by molar-refractivity contribution is -0.0672. The van der Waals surface area contributed by atoms with Gasteiger partial charge in [0.05, 0.1) is 11.0 Å². The molecule has 30 heavy (non-hydrogen) atoms. The second-order valence-corrected chi connectivity index (χ2v) is 9.31. The minimum Gasteiger partial charge on any atom is -0.491 e. The van der Waals surface area contributed by atoms with Gasteiger partial charge in [-0.05, 0) is 61.9 Å². The highest BCUT2D eigenvalue weighted by Gasteiger charge is 2.51. The number of carbonyl (C=O) groups excluding carboxylic acids is 1. The zero-order valence-electron chi connectivity index (χ0n) is 16.9. The minimum atomic E-state index is -0.295. The van der Waals surface area contributed by atoms with Crippen molar-refractivity contribution in [2.45, 2.75) is 38.8 Å². The molecule has 0 N–H and O–H groups in total. The van der Waals surface area contributed by atoms with Gasteiger partial charge >= 0.3 is 0 Å². The van der Waals surface area contributed by atoms with Gasteiger partial charge in [0.2, 0.25) is 0 Å². The number of fused-ring (bicyclic) bond motifs is 2. The number of halogens is 1. The van der Waals surface area contributed by atoms with Gasteiger partial charge in [-0.3, -0.25) is 4.79 Å². The second kappa shape index (κ2) is 7.50. The Morgan fingerprint density at radius 1 is 1.30 bits per heavy atom. The molecule has 4 heterocycles. The van der Waals surface area contributed by atoms with Crippen LogP contribution in [0, 0.1) is 24.6 Å². The molecule has 6 rings (SSSR count). The van der Waals surface area contributed by atoms with Crippen LogP contribution >= 0.6 is 11.3 Å². The lowest BCUT2D eigenvalue weighted by Crippen LogP contribution is -2.64. The molecule has 1 saturated carbocycles. The normalized spacial score (nSPS) is 25.1. The zero-order valence-corrected chi connectivity index (χ0v) is 17.7. The maximum atomic E-state index is 13.7. The van der Waals surface area contributed by atoms with Crippen LogP contribution in [0.1, 0.15) is 35.3 Å². The molecule has 3 aromatic rings. The first kappa shape index (κ1) is 19.2. The van der Waals surface area contributed by atoms with E-state index in [-0.39, 0.29) is 23.8 Å². The first-order valence-corrected chi connectivity index (χ1v) is 11.0. The van der Waals surface area contributed by atoms with E-state index in [1.54, 1.807) is 23.0 Å². The molecule has 6 nitrogen and oxygen atoms in total. The molecule has 0 radical (unpaired) electrons. The fourth-order valence-electron chi connectivity index (χ4n) is 4.61. The van der Waals surface area contributed by atoms with Crippen molar-refractivity contribution in [3.63, 3.8) is 0 Å². The smallest absolute Gasteiger partial charge is 0.276 e. The molecule has 3 fully saturated rings. The van der Waals surface area contributed by atoms with Crippen molar-refractivity contribution in [2.24, 2.45) is 11.8 Å². The van der Waals surface area contributed by atoms with Crippen molar-refractivity contribution >= 4 is 17.2 Å². The topological polar surface area (TPSA) is 60.3 Å². The van der Waals surface area contributed by atoms with E-state index in [4.69, 9.17) is 4.74 Å². The summed E-state index contributed by atoms with van der Waals surface area (Å²) in [6, 6.07) is 8.01. The van der Waals surface area contributed by atoms with Crippen molar-refractivity contribution in [3.05, 3.63) is 59.2 Å². The highest BCUT2D eigenvalue weighted by Crippen LogP contribution is 2.47. The molecule has 0 spiro atoms. The predicted molar refractivity (Wildman–Crippen MR) is 112 cm³/mol. The van der Waals surface area contributed by atoms with E-state index < -0.39 is 0 Å². The van der Waals surface area contributed by atoms with Crippen LogP contribution in [0.25, 0.3) is 5.00 Å². The Balaban J connectivity index is 1.42. The van der Waals surface area contributed by atoms with Crippen molar-refractivity contribution in [3.8, 4) is 10.8 Å². The summed E-state index contributed by atoms with van der Waals surface area (Å²) < 4.78 is 20.9. The number of nitrogens with zero attached hydrogens (tertiary/aromatic N) is 4. The number of benzene rings is 1. The van der Waals surface area contributed by atoms with Crippen LogP contribution in [-0.4, -0.2) is 44.3 Å². The number of aryl methyl sites for hydroxylation is 1. The second-order valence-electron chi connectivity index (χ2n) is 8.13. The molecule has 2 aromatic heterocycles. The Labute approximate surface area is 178 Å². The molecular formula is C22H23FN4O2S. The van der Waals surface area contributed by atoms with Crippen molar-refractivity contribution in [2.75, 3.05) is 6.61 Å². The minimum absolute atomic E-state index is 0.0486. The quantitative estimate of drug-likeness (QED) is 0.617. The summed E-state index contributed by atoms with van der Waals surface area (Å²) in [6.45, 7) is 4.48. The number of carbonyl (C=O) groups is 1. The van der Waals surface area contributed by atoms with Crippen LogP contribution in [-0.2, 0) is 0 Å². The van der Waals surface area contributed by atoms with E-state index in [1.807, 2.05) is 24.1 Å². The molecule has 1 aromatic carbocycles. The molecule has 3 aliphatic rings. The lowest BCUT2D eigenvalue weighted by Gasteiger charge is -2.57. The van der Waals surface area contributed by atoms with Gasteiger partial charge in [0, 0.05) is 18.4 Å². The third-order valence-corrected chi connectivity index (χ3v) is 7.31. The molecule has 156 valence electrons. The van der Waals surface area contributed by atoms with Crippen molar-refractivity contribution in [1.29, 1.82) is 0 Å². The number of aromatic nitrogens is 3. The van der Waals surface area contributed by atoms with Gasteiger partial charge in [-0.2, -0.15) is 5.10 Å². The van der Waals surface area contributed by atoms with E-state index in [9.17, 15) is 9.18 Å². The molecule has 2 unspecified atom stereocenters. The van der Waals surface area contributed by atoms with Gasteiger partial charge in [-0.1, -0.05) is 18.3 Å². The molecule has 2 aliphatic heterocycles. The van der Waals surface area contributed by atoms with Crippen LogP contribution in [0.2, 0.25) is 0 Å². The van der Waals surface area contributed by atoms with Gasteiger partial charge in [0.15, 0.2) is 10.7 Å². The molecule has 2 bridgehead atoms. The molecule has 2 atom stereocenters. The Bertz CT molecular complexity index is 1040. The third-order valence-electron chi connectivity index (χ3n) is 6.35. The van der Waals surface area contributed by atoms with Crippen molar-refractivity contribution < 1.29 is 13.9 Å². The third kappa shape index (κ3) is 3.29. The summed E-state index contributed by atoms with van der Waals surface area (Å²) in [7, 11) is 0. The van der Waals surface area contributed by atoms with Gasteiger partial charge in [0.1, 0.15) is 18.2 Å². The first-order valence-electron chi connectivity index (χ1n) is 10.2. The highest BCUT2D eigenvalue weighted by atomic mass is 32.1. The van der Waals surface area contributed by atoms with Gasteiger partial charge in [0.25, 0.3) is 5.91 Å². The van der Waals surface area contributed by atoms with Gasteiger partial charge < -0.3 is 9.64 Å². The summed E-state index contributed by atoms with van der Waals surface area (Å²) in [5.74, 6) is 1.19. The summed E-state index contributed by atoms with van der Waals surface area (Å²) >= 11 is 1.47. The van der Waals surface area contributed by atoms with Crippen LogP contribution in [0.4, 0.5) is 4.39 Å². The fraction of sp³-hybridized carbons (Fsp3) is 0.409. The SMILES string of the molecule is Cc1nc(C(=O)N2C3CC(C3)C(C)C2COc2ccc(F)cc2)c(-n2cccn2)s1. The largest absolute Gasteiger partial charge is 0.491 e. The van der Waals surface area contributed by atoms with Crippen LogP contribution in [0.3, 0.4) is 0 Å². The predicted octanol–water partition coefficient (Wildman–Crippen LogP) is 4.09. The number of amides is 1. The Morgan fingerprint density at radius 2 is 2.07 bits per heavy atom. The number of rotatable bonds is 5. The highest BCUT2D eigenvalue weighted by molar-refractivity contribution is 7.14. The summed E-state index contributed by atoms with van der Waals surface area (Å²) in [5, 5.41) is 5.87. The number of hydrogen-bond acceptors (Lipinski definition) is 5. The molecule has 2 saturated heterocycles. The standard InChI is InChI=1S/C22H23FN4O2S/c1-13-15-10-17(11-15)27(19(13)12-29-18-6-4-16(23)5-7-18)21(28)20-22(30-14(2)25-20)26-9-3-8-24-26/h3-9,13,15,17,19H,10-12H2,1-2H3. The van der Waals surface area contributed by atoms with E-state index in [0.29, 0.717) is 29.9 Å². The molecular weight excluding hydrogens is 403 g/mol. The van der Waals surface area contributed by atoms with E-state index in [0.717, 1.165) is 22.9 Å². The van der Waals surface area contributed by atoms with Crippen LogP contribution in [0.5, 0.6) is 5.75 Å². The number of thiazole rings is 1. The number of piperidine rings is 2. The van der Waals surface area contributed by atoms with Gasteiger partial charge in [-0.25, -0.2) is 14.1 Å². The lowest BCUT2D eigenvalue weighted by atomic mass is 9.64. The summed E-state index contributed by atoms with van der Waals surface area (Å²) in [4.78, 5) is 20.2. The number of hydrogen-bond donors (Lipinski definition) is 0. The fourth-order valence-corrected chi connectivity index (χ4v) is 5.46. The van der Waals surface area contributed by atoms with E-state index >= 15 is 0 Å². The average Bonchev–Trinajstić information content (AvgIpc) is 3.35. The average molecular weight is 427 g/mol. The zero-order chi connectivity index (χ0) is 20.8. The Hall–Kier alpha value is -2.74. The van der Waals surface area contributed by atoms with Crippen molar-refractivity contribution in [1.82, 2.24) is 19.7 Å². The Morgan fingerprint density at radius 3 is 2.77 bits per heavy atom. The number of ether oxygens (including phenoxy) is 1. The van der Waals surface area contributed by atoms with Crippen LogP contribution in [0.15, 0.2) is 42.7 Å². The maximum absolute atomic E-state index is 13.7. The monoisotopic (exact) mass is 426 g/mol. The Kier molecular flexibility index (Phi) is 4.81. The molecule has 1 amide bonds. The summed E-state index contributed by atoms with van der Waals surface area (Å²) in [6.07, 6.45) is 5.58. The molecule has 1 aliphatic carbocycles. The van der Waals surface area contributed by atoms with E-state index in [1.165, 1.54) is 23.5 Å². The maximum Gasteiger partial charge on any atom is 0.276 e. The summed E-state index contributed by atoms with van der Waals surface area (Å²) in [5.41, 5.74) is 0.450. The first-order chi connectivity index (χ1) is 14.5. The van der Waals surface area contributed by atoms with Crippen LogP contribution < -0.4 is 4.74 Å². The molecule has 8 heteroatoms. The van der Waals surface area contributed by atoms with Gasteiger partial charge in [-0.15, -0.1) is 0 Å².